The molecule has 0 aliphatic carbocycles. The minimum absolute atomic E-state index is 0.0503. The first-order valence-corrected chi connectivity index (χ1v) is 6.43. The molecule has 0 unspecified atom stereocenters. The van der Waals surface area contributed by atoms with Gasteiger partial charge < -0.3 is 21.3 Å². The summed E-state index contributed by atoms with van der Waals surface area (Å²) in [6.45, 7) is 1.67. The van der Waals surface area contributed by atoms with Crippen molar-refractivity contribution in [2.75, 3.05) is 5.73 Å². The topological polar surface area (TPSA) is 130 Å². The van der Waals surface area contributed by atoms with Crippen LogP contribution in [0.1, 0.15) is 35.2 Å². The van der Waals surface area contributed by atoms with E-state index in [2.05, 4.69) is 5.32 Å². The molecule has 0 aliphatic rings. The van der Waals surface area contributed by atoms with E-state index in [-0.39, 0.29) is 19.3 Å². The van der Waals surface area contributed by atoms with E-state index in [1.54, 1.807) is 25.1 Å². The number of hydrogen-bond donors (Lipinski definition) is 4. The van der Waals surface area contributed by atoms with Crippen molar-refractivity contribution in [2.45, 2.75) is 32.2 Å². The number of rotatable bonds is 7. The Kier molecular flexibility index (Phi) is 5.71. The molecular weight excluding hydrogens is 276 g/mol. The largest absolute Gasteiger partial charge is 0.481 e. The molecule has 1 atom stereocenters. The van der Waals surface area contributed by atoms with Crippen LogP contribution in [0, 0.1) is 6.92 Å². The zero-order valence-electron chi connectivity index (χ0n) is 11.6. The van der Waals surface area contributed by atoms with E-state index in [4.69, 9.17) is 15.9 Å². The summed E-state index contributed by atoms with van der Waals surface area (Å²) in [5.74, 6) is -2.74. The van der Waals surface area contributed by atoms with Gasteiger partial charge in [-0.1, -0.05) is 6.07 Å². The third kappa shape index (κ3) is 4.79. The molecule has 7 heteroatoms. The van der Waals surface area contributed by atoms with E-state index < -0.39 is 23.9 Å². The number of amides is 1. The molecule has 0 fully saturated rings. The summed E-state index contributed by atoms with van der Waals surface area (Å²) in [7, 11) is 0. The van der Waals surface area contributed by atoms with Gasteiger partial charge in [-0.15, -0.1) is 0 Å². The maximum atomic E-state index is 12.1. The number of nitrogens with one attached hydrogen (secondary N) is 1. The molecule has 0 radical (unpaired) electrons. The summed E-state index contributed by atoms with van der Waals surface area (Å²) in [5, 5.41) is 20.0. The summed E-state index contributed by atoms with van der Waals surface area (Å²) in [6.07, 6.45) is 0.0776. The molecule has 7 nitrogen and oxygen atoms in total. The maximum Gasteiger partial charge on any atom is 0.326 e. The van der Waals surface area contributed by atoms with Gasteiger partial charge in [0.25, 0.3) is 5.91 Å². The summed E-state index contributed by atoms with van der Waals surface area (Å²) in [4.78, 5) is 33.6. The molecule has 0 heterocycles. The quantitative estimate of drug-likeness (QED) is 0.555. The monoisotopic (exact) mass is 294 g/mol. The van der Waals surface area contributed by atoms with Gasteiger partial charge in [0.15, 0.2) is 0 Å². The highest BCUT2D eigenvalue weighted by atomic mass is 16.4. The van der Waals surface area contributed by atoms with Crippen LogP contribution < -0.4 is 11.1 Å². The molecule has 21 heavy (non-hydrogen) atoms. The van der Waals surface area contributed by atoms with Crippen molar-refractivity contribution >= 4 is 23.5 Å². The lowest BCUT2D eigenvalue weighted by Gasteiger charge is -2.15. The molecule has 0 spiro atoms. The summed E-state index contributed by atoms with van der Waals surface area (Å²) < 4.78 is 0. The second kappa shape index (κ2) is 7.28. The Morgan fingerprint density at radius 3 is 2.52 bits per heavy atom. The van der Waals surface area contributed by atoms with Crippen molar-refractivity contribution in [1.29, 1.82) is 0 Å². The van der Waals surface area contributed by atoms with Crippen LogP contribution in [0.5, 0.6) is 0 Å². The minimum Gasteiger partial charge on any atom is -0.481 e. The number of aliphatic carboxylic acids is 2. The molecule has 0 saturated carbocycles. The van der Waals surface area contributed by atoms with E-state index in [0.29, 0.717) is 16.8 Å². The van der Waals surface area contributed by atoms with Crippen LogP contribution in [0.2, 0.25) is 0 Å². The zero-order valence-corrected chi connectivity index (χ0v) is 11.6. The van der Waals surface area contributed by atoms with Crippen LogP contribution >= 0.6 is 0 Å². The third-order valence-corrected chi connectivity index (χ3v) is 3.11. The van der Waals surface area contributed by atoms with E-state index in [1.165, 1.54) is 0 Å². The molecular formula is C14H18N2O5. The van der Waals surface area contributed by atoms with E-state index in [9.17, 15) is 14.4 Å². The summed E-state index contributed by atoms with van der Waals surface area (Å²) >= 11 is 0. The number of carbonyl (C=O) groups is 3. The molecule has 0 aliphatic heterocycles. The number of benzene rings is 1. The number of nitrogen functional groups attached to an aromatic ring is 1. The summed E-state index contributed by atoms with van der Waals surface area (Å²) in [5.41, 5.74) is 7.02. The van der Waals surface area contributed by atoms with Crippen LogP contribution in [0.15, 0.2) is 18.2 Å². The van der Waals surface area contributed by atoms with Gasteiger partial charge in [-0.2, -0.15) is 0 Å². The fourth-order valence-corrected chi connectivity index (χ4v) is 1.85. The summed E-state index contributed by atoms with van der Waals surface area (Å²) in [6, 6.07) is 3.68. The van der Waals surface area contributed by atoms with Gasteiger partial charge in [0.1, 0.15) is 6.04 Å². The van der Waals surface area contributed by atoms with Crippen molar-refractivity contribution < 1.29 is 24.6 Å². The molecule has 114 valence electrons. The number of carbonyl (C=O) groups excluding carboxylic acids is 1. The molecule has 0 saturated heterocycles. The van der Waals surface area contributed by atoms with E-state index in [1.807, 2.05) is 0 Å². The number of anilines is 1. The van der Waals surface area contributed by atoms with Gasteiger partial charge in [-0.3, -0.25) is 9.59 Å². The van der Waals surface area contributed by atoms with Crippen molar-refractivity contribution in [1.82, 2.24) is 5.32 Å². The number of carboxylic acids is 2. The Balaban J connectivity index is 2.74. The average Bonchev–Trinajstić information content (AvgIpc) is 2.40. The van der Waals surface area contributed by atoms with Gasteiger partial charge >= 0.3 is 11.9 Å². The second-order valence-electron chi connectivity index (χ2n) is 4.67. The lowest BCUT2D eigenvalue weighted by molar-refractivity contribution is -0.140. The first-order chi connectivity index (χ1) is 9.82. The molecule has 1 aromatic carbocycles. The fourth-order valence-electron chi connectivity index (χ4n) is 1.85. The van der Waals surface area contributed by atoms with E-state index >= 15 is 0 Å². The molecule has 0 bridgehead atoms. The predicted octanol–water partition coefficient (Wildman–Crippen LogP) is 1.02. The first-order valence-electron chi connectivity index (χ1n) is 6.43. The van der Waals surface area contributed by atoms with Gasteiger partial charge in [0.2, 0.25) is 0 Å². The Morgan fingerprint density at radius 2 is 1.95 bits per heavy atom. The van der Waals surface area contributed by atoms with Crippen LogP contribution in [-0.4, -0.2) is 34.1 Å². The Labute approximate surface area is 121 Å². The Bertz CT molecular complexity index is 556. The highest BCUT2D eigenvalue weighted by molar-refractivity contribution is 5.98. The highest BCUT2D eigenvalue weighted by Crippen LogP contribution is 2.15. The number of carboxylic acid groups (broad SMARTS) is 2. The number of nitrogens with two attached hydrogens (primary N) is 1. The van der Waals surface area contributed by atoms with Crippen molar-refractivity contribution in [3.8, 4) is 0 Å². The SMILES string of the molecule is Cc1c(N)cccc1C(=O)N[C@H](CCCC(=O)O)C(=O)O. The molecule has 1 aromatic rings. The third-order valence-electron chi connectivity index (χ3n) is 3.11. The van der Waals surface area contributed by atoms with Crippen molar-refractivity contribution in [3.05, 3.63) is 29.3 Å². The lowest BCUT2D eigenvalue weighted by atomic mass is 10.0. The number of hydrogen-bond acceptors (Lipinski definition) is 4. The zero-order chi connectivity index (χ0) is 16.0. The average molecular weight is 294 g/mol. The fraction of sp³-hybridized carbons (Fsp3) is 0.357. The van der Waals surface area contributed by atoms with Gasteiger partial charge in [-0.25, -0.2) is 4.79 Å². The molecule has 0 aromatic heterocycles. The molecule has 1 amide bonds. The first kappa shape index (κ1) is 16.5. The van der Waals surface area contributed by atoms with Gasteiger partial charge in [0, 0.05) is 17.7 Å². The van der Waals surface area contributed by atoms with Crippen molar-refractivity contribution in [2.24, 2.45) is 0 Å². The lowest BCUT2D eigenvalue weighted by Crippen LogP contribution is -2.41. The van der Waals surface area contributed by atoms with Crippen LogP contribution in [0.3, 0.4) is 0 Å². The molecule has 5 N–H and O–H groups in total. The smallest absolute Gasteiger partial charge is 0.326 e. The Morgan fingerprint density at radius 1 is 1.29 bits per heavy atom. The van der Waals surface area contributed by atoms with Crippen LogP contribution in [0.25, 0.3) is 0 Å². The van der Waals surface area contributed by atoms with Crippen LogP contribution in [0.4, 0.5) is 5.69 Å². The molecule has 1 rings (SSSR count). The predicted molar refractivity (Wildman–Crippen MR) is 76.0 cm³/mol. The second-order valence-corrected chi connectivity index (χ2v) is 4.67. The minimum atomic E-state index is -1.20. The standard InChI is InChI=1S/C14H18N2O5/c1-8-9(4-2-5-10(8)15)13(19)16-11(14(20)21)6-3-7-12(17)18/h2,4-5,11H,3,6-7,15H2,1H3,(H,16,19)(H,17,18)(H,20,21)/t11-/m1/s1. The van der Waals surface area contributed by atoms with Crippen molar-refractivity contribution in [3.63, 3.8) is 0 Å². The van der Waals surface area contributed by atoms with Gasteiger partial charge in [-0.05, 0) is 37.5 Å². The van der Waals surface area contributed by atoms with Gasteiger partial charge in [0.05, 0.1) is 0 Å². The van der Waals surface area contributed by atoms with Crippen LogP contribution in [-0.2, 0) is 9.59 Å². The highest BCUT2D eigenvalue weighted by Gasteiger charge is 2.21. The normalized spacial score (nSPS) is 11.7. The van der Waals surface area contributed by atoms with E-state index in [0.717, 1.165) is 0 Å². The maximum absolute atomic E-state index is 12.1. The Hall–Kier alpha value is -2.57.